The van der Waals surface area contributed by atoms with Gasteiger partial charge in [0.15, 0.2) is 11.5 Å². The van der Waals surface area contributed by atoms with E-state index in [1.165, 1.54) is 0 Å². The summed E-state index contributed by atoms with van der Waals surface area (Å²) in [5, 5.41) is 28.3. The minimum Gasteiger partial charge on any atom is -0.454 e. The fourth-order valence-electron chi connectivity index (χ4n) is 1.93. The predicted molar refractivity (Wildman–Crippen MR) is 62.5 cm³/mol. The molecule has 1 heterocycles. The molecule has 0 unspecified atom stereocenters. The van der Waals surface area contributed by atoms with Gasteiger partial charge in [-0.25, -0.2) is 0 Å². The monoisotopic (exact) mass is 238 g/mol. The number of benzene rings is 1. The van der Waals surface area contributed by atoms with E-state index in [2.05, 4.69) is 0 Å². The fraction of sp³-hybridized carbons (Fsp3) is 0.455. The topological polar surface area (TPSA) is 79.2 Å². The van der Waals surface area contributed by atoms with Gasteiger partial charge in [0, 0.05) is 10.9 Å². The minimum absolute atomic E-state index is 0.0675. The lowest BCUT2D eigenvalue weighted by Crippen LogP contribution is -2.40. The summed E-state index contributed by atoms with van der Waals surface area (Å²) in [7, 11) is -1.66. The Morgan fingerprint density at radius 3 is 2.59 bits per heavy atom. The van der Waals surface area contributed by atoms with E-state index in [4.69, 9.17) is 9.47 Å². The average Bonchev–Trinajstić information content (AvgIpc) is 2.75. The van der Waals surface area contributed by atoms with Crippen LogP contribution in [0.3, 0.4) is 0 Å². The van der Waals surface area contributed by atoms with E-state index in [9.17, 15) is 15.2 Å². The number of fused-ring (bicyclic) bond motifs is 1. The molecule has 0 fully saturated rings. The van der Waals surface area contributed by atoms with E-state index in [0.717, 1.165) is 0 Å². The molecular formula is C11H15BO5. The highest BCUT2D eigenvalue weighted by Gasteiger charge is 2.33. The summed E-state index contributed by atoms with van der Waals surface area (Å²) in [6.45, 7) is 3.59. The summed E-state index contributed by atoms with van der Waals surface area (Å²) < 4.78 is 10.4. The summed E-state index contributed by atoms with van der Waals surface area (Å²) in [5.74, 6) is 0.838. The second kappa shape index (κ2) is 4.21. The second-order valence-corrected chi connectivity index (χ2v) is 4.68. The molecule has 6 heteroatoms. The summed E-state index contributed by atoms with van der Waals surface area (Å²) >= 11 is 0. The first kappa shape index (κ1) is 12.2. The molecule has 0 aromatic heterocycles. The van der Waals surface area contributed by atoms with Crippen LogP contribution in [-0.2, 0) is 5.41 Å². The van der Waals surface area contributed by atoms with Crippen molar-refractivity contribution in [3.63, 3.8) is 0 Å². The Bertz CT molecular complexity index is 430. The highest BCUT2D eigenvalue weighted by atomic mass is 16.7. The molecule has 92 valence electrons. The summed E-state index contributed by atoms with van der Waals surface area (Å²) in [6, 6.07) is 3.43. The van der Waals surface area contributed by atoms with Crippen molar-refractivity contribution in [1.29, 1.82) is 0 Å². The van der Waals surface area contributed by atoms with E-state index in [-0.39, 0.29) is 18.9 Å². The van der Waals surface area contributed by atoms with Gasteiger partial charge in [0.05, 0.1) is 6.61 Å². The Hall–Kier alpha value is -1.24. The summed E-state index contributed by atoms with van der Waals surface area (Å²) in [4.78, 5) is 0. The van der Waals surface area contributed by atoms with Crippen molar-refractivity contribution >= 4 is 12.6 Å². The van der Waals surface area contributed by atoms with E-state index in [0.29, 0.717) is 17.1 Å². The van der Waals surface area contributed by atoms with Crippen molar-refractivity contribution in [2.75, 3.05) is 13.4 Å². The number of ether oxygens (including phenoxy) is 2. The van der Waals surface area contributed by atoms with Crippen LogP contribution in [0.4, 0.5) is 0 Å². The first-order chi connectivity index (χ1) is 7.97. The van der Waals surface area contributed by atoms with Crippen LogP contribution in [0, 0.1) is 0 Å². The van der Waals surface area contributed by atoms with Crippen LogP contribution >= 0.6 is 0 Å². The molecule has 0 radical (unpaired) electrons. The zero-order valence-electron chi connectivity index (χ0n) is 9.80. The molecule has 1 aliphatic heterocycles. The van der Waals surface area contributed by atoms with Gasteiger partial charge in [0.1, 0.15) is 0 Å². The molecule has 0 atom stereocenters. The Morgan fingerprint density at radius 1 is 1.29 bits per heavy atom. The molecular weight excluding hydrogens is 223 g/mol. The number of rotatable bonds is 3. The van der Waals surface area contributed by atoms with Crippen molar-refractivity contribution in [3.05, 3.63) is 17.7 Å². The molecule has 0 amide bonds. The lowest BCUT2D eigenvalue weighted by molar-refractivity contribution is 0.174. The minimum atomic E-state index is -1.66. The van der Waals surface area contributed by atoms with Gasteiger partial charge in [-0.1, -0.05) is 19.9 Å². The summed E-state index contributed by atoms with van der Waals surface area (Å²) in [5.41, 5.74) is 0.318. The zero-order valence-corrected chi connectivity index (χ0v) is 9.80. The third-order valence-corrected chi connectivity index (χ3v) is 2.96. The lowest BCUT2D eigenvalue weighted by atomic mass is 9.69. The smallest absolute Gasteiger partial charge is 0.454 e. The van der Waals surface area contributed by atoms with Gasteiger partial charge in [0.2, 0.25) is 6.79 Å². The third kappa shape index (κ3) is 1.99. The SMILES string of the molecule is CC(C)(CO)c1ccc2c(c1B(O)O)OCO2. The molecule has 0 bridgehead atoms. The molecule has 1 aromatic rings. The largest absolute Gasteiger partial charge is 0.492 e. The molecule has 0 aliphatic carbocycles. The first-order valence-electron chi connectivity index (χ1n) is 5.37. The van der Waals surface area contributed by atoms with Crippen LogP contribution in [0.2, 0.25) is 0 Å². The van der Waals surface area contributed by atoms with Crippen LogP contribution in [-0.4, -0.2) is 35.7 Å². The molecule has 1 aliphatic rings. The van der Waals surface area contributed by atoms with Gasteiger partial charge in [-0.3, -0.25) is 0 Å². The molecule has 3 N–H and O–H groups in total. The van der Waals surface area contributed by atoms with Crippen LogP contribution in [0.25, 0.3) is 0 Å². The van der Waals surface area contributed by atoms with E-state index < -0.39 is 12.5 Å². The maximum atomic E-state index is 9.47. The molecule has 5 nitrogen and oxygen atoms in total. The molecule has 0 spiro atoms. The van der Waals surface area contributed by atoms with Gasteiger partial charge in [-0.05, 0) is 11.6 Å². The maximum absolute atomic E-state index is 9.47. The lowest BCUT2D eigenvalue weighted by Gasteiger charge is -2.26. The van der Waals surface area contributed by atoms with Gasteiger partial charge in [-0.2, -0.15) is 0 Å². The second-order valence-electron chi connectivity index (χ2n) is 4.68. The van der Waals surface area contributed by atoms with Crippen LogP contribution in [0.1, 0.15) is 19.4 Å². The third-order valence-electron chi connectivity index (χ3n) is 2.96. The van der Waals surface area contributed by atoms with Crippen LogP contribution in [0.5, 0.6) is 11.5 Å². The highest BCUT2D eigenvalue weighted by Crippen LogP contribution is 2.34. The predicted octanol–water partition coefficient (Wildman–Crippen LogP) is -0.635. The van der Waals surface area contributed by atoms with Crippen molar-refractivity contribution in [3.8, 4) is 11.5 Å². The summed E-state index contributed by atoms with van der Waals surface area (Å²) in [6.07, 6.45) is 0. The van der Waals surface area contributed by atoms with Gasteiger partial charge < -0.3 is 24.6 Å². The Kier molecular flexibility index (Phi) is 3.03. The molecule has 2 rings (SSSR count). The number of hydrogen-bond acceptors (Lipinski definition) is 5. The normalized spacial score (nSPS) is 13.9. The average molecular weight is 238 g/mol. The van der Waals surface area contributed by atoms with Gasteiger partial charge in [0.25, 0.3) is 0 Å². The zero-order chi connectivity index (χ0) is 12.6. The fourth-order valence-corrected chi connectivity index (χ4v) is 1.93. The molecule has 1 aromatic carbocycles. The van der Waals surface area contributed by atoms with Crippen molar-refractivity contribution < 1.29 is 24.6 Å². The van der Waals surface area contributed by atoms with Gasteiger partial charge in [-0.15, -0.1) is 0 Å². The quantitative estimate of drug-likeness (QED) is 0.611. The maximum Gasteiger partial charge on any atom is 0.492 e. The van der Waals surface area contributed by atoms with Gasteiger partial charge >= 0.3 is 7.12 Å². The van der Waals surface area contributed by atoms with Crippen molar-refractivity contribution in [2.24, 2.45) is 0 Å². The first-order valence-corrected chi connectivity index (χ1v) is 5.37. The van der Waals surface area contributed by atoms with E-state index >= 15 is 0 Å². The van der Waals surface area contributed by atoms with Crippen LogP contribution < -0.4 is 14.9 Å². The van der Waals surface area contributed by atoms with Crippen molar-refractivity contribution in [1.82, 2.24) is 0 Å². The standard InChI is InChI=1S/C11H15BO5/c1-11(2,5-13)7-3-4-8-10(17-6-16-8)9(7)12(14)15/h3-4,13-15H,5-6H2,1-2H3. The Morgan fingerprint density at radius 2 is 2.00 bits per heavy atom. The highest BCUT2D eigenvalue weighted by molar-refractivity contribution is 6.60. The number of aliphatic hydroxyl groups is 1. The molecule has 0 saturated heterocycles. The molecule has 0 saturated carbocycles. The van der Waals surface area contributed by atoms with Crippen LogP contribution in [0.15, 0.2) is 12.1 Å². The Balaban J connectivity index is 2.61. The van der Waals surface area contributed by atoms with E-state index in [1.54, 1.807) is 12.1 Å². The van der Waals surface area contributed by atoms with E-state index in [1.807, 2.05) is 13.8 Å². The Labute approximate surface area is 99.8 Å². The number of aliphatic hydroxyl groups excluding tert-OH is 1. The number of hydrogen-bond donors (Lipinski definition) is 3. The van der Waals surface area contributed by atoms with Crippen molar-refractivity contribution in [2.45, 2.75) is 19.3 Å². The molecule has 17 heavy (non-hydrogen) atoms.